The second-order valence-corrected chi connectivity index (χ2v) is 7.29. The average molecular weight is 386 g/mol. The smallest absolute Gasteiger partial charge is 0.0813 e. The van der Waals surface area contributed by atoms with Gasteiger partial charge >= 0.3 is 0 Å². The van der Waals surface area contributed by atoms with Crippen molar-refractivity contribution >= 4 is 28.9 Å². The number of hydrogen-bond donors (Lipinski definition) is 2. The lowest BCUT2D eigenvalue weighted by Crippen LogP contribution is -2.15. The van der Waals surface area contributed by atoms with Crippen LogP contribution in [0, 0.1) is 6.92 Å². The van der Waals surface area contributed by atoms with E-state index in [1.54, 1.807) is 12.1 Å². The zero-order chi connectivity index (χ0) is 18.5. The Hall–Kier alpha value is -2.00. The molecular formula is C22H21Cl2NO. The van der Waals surface area contributed by atoms with Crippen molar-refractivity contribution in [3.8, 4) is 0 Å². The standard InChI is InChI=1S/C22H21Cl2NO/c1-15-2-12-20(13-3-15)25-21(16-4-8-18(23)9-5-16)14-22(26)17-6-10-19(24)11-7-17/h2-13,21-22,25-26H,14H2,1H3. The third-order valence-corrected chi connectivity index (χ3v) is 4.88. The molecule has 0 saturated heterocycles. The van der Waals surface area contributed by atoms with Gasteiger partial charge in [0.2, 0.25) is 0 Å². The maximum atomic E-state index is 10.7. The molecule has 0 saturated carbocycles. The number of aliphatic hydroxyl groups excluding tert-OH is 1. The molecule has 2 atom stereocenters. The maximum absolute atomic E-state index is 10.7. The highest BCUT2D eigenvalue weighted by Crippen LogP contribution is 2.31. The number of anilines is 1. The van der Waals surface area contributed by atoms with E-state index in [4.69, 9.17) is 23.2 Å². The van der Waals surface area contributed by atoms with Crippen LogP contribution in [-0.4, -0.2) is 5.11 Å². The van der Waals surface area contributed by atoms with Crippen molar-refractivity contribution in [2.24, 2.45) is 0 Å². The van der Waals surface area contributed by atoms with E-state index in [1.165, 1.54) is 5.56 Å². The lowest BCUT2D eigenvalue weighted by molar-refractivity contribution is 0.160. The molecule has 0 radical (unpaired) electrons. The Labute approximate surface area is 164 Å². The fourth-order valence-electron chi connectivity index (χ4n) is 2.87. The summed E-state index contributed by atoms with van der Waals surface area (Å²) >= 11 is 12.0. The number of aryl methyl sites for hydroxylation is 1. The summed E-state index contributed by atoms with van der Waals surface area (Å²) in [4.78, 5) is 0. The van der Waals surface area contributed by atoms with Crippen molar-refractivity contribution in [2.45, 2.75) is 25.5 Å². The van der Waals surface area contributed by atoms with Gasteiger partial charge in [0, 0.05) is 22.2 Å². The summed E-state index contributed by atoms with van der Waals surface area (Å²) in [5.41, 5.74) is 4.14. The fraction of sp³-hybridized carbons (Fsp3) is 0.182. The maximum Gasteiger partial charge on any atom is 0.0813 e. The largest absolute Gasteiger partial charge is 0.388 e. The Balaban J connectivity index is 1.83. The second-order valence-electron chi connectivity index (χ2n) is 6.42. The molecular weight excluding hydrogens is 365 g/mol. The third-order valence-electron chi connectivity index (χ3n) is 4.38. The van der Waals surface area contributed by atoms with Gasteiger partial charge < -0.3 is 10.4 Å². The van der Waals surface area contributed by atoms with Crippen molar-refractivity contribution in [1.82, 2.24) is 0 Å². The first-order valence-electron chi connectivity index (χ1n) is 8.53. The Morgan fingerprint density at radius 1 is 0.769 bits per heavy atom. The summed E-state index contributed by atoms with van der Waals surface area (Å²) in [5.74, 6) is 0. The molecule has 26 heavy (non-hydrogen) atoms. The summed E-state index contributed by atoms with van der Waals surface area (Å²) in [6.45, 7) is 2.06. The van der Waals surface area contributed by atoms with Crippen molar-refractivity contribution in [3.05, 3.63) is 99.5 Å². The number of nitrogens with one attached hydrogen (secondary N) is 1. The van der Waals surface area contributed by atoms with Gasteiger partial charge in [0.05, 0.1) is 12.1 Å². The van der Waals surface area contributed by atoms with Gasteiger partial charge in [-0.25, -0.2) is 0 Å². The fourth-order valence-corrected chi connectivity index (χ4v) is 3.12. The van der Waals surface area contributed by atoms with Crippen LogP contribution in [0.15, 0.2) is 72.8 Å². The molecule has 4 heteroatoms. The van der Waals surface area contributed by atoms with Crippen LogP contribution in [-0.2, 0) is 0 Å². The Kier molecular flexibility index (Phi) is 6.20. The Morgan fingerprint density at radius 3 is 1.81 bits per heavy atom. The van der Waals surface area contributed by atoms with E-state index in [1.807, 2.05) is 48.5 Å². The summed E-state index contributed by atoms with van der Waals surface area (Å²) in [7, 11) is 0. The molecule has 0 fully saturated rings. The highest BCUT2D eigenvalue weighted by molar-refractivity contribution is 6.30. The number of halogens is 2. The molecule has 2 N–H and O–H groups in total. The summed E-state index contributed by atoms with van der Waals surface area (Å²) in [6.07, 6.45) is -0.0807. The van der Waals surface area contributed by atoms with Crippen molar-refractivity contribution in [3.63, 3.8) is 0 Å². The quantitative estimate of drug-likeness (QED) is 0.502. The Bertz CT molecular complexity index is 830. The van der Waals surface area contributed by atoms with Crippen LogP contribution in [0.4, 0.5) is 5.69 Å². The summed E-state index contributed by atoms with van der Waals surface area (Å²) in [5, 5.41) is 15.6. The zero-order valence-electron chi connectivity index (χ0n) is 14.5. The molecule has 0 aromatic heterocycles. The molecule has 0 amide bonds. The van der Waals surface area contributed by atoms with Gasteiger partial charge in [-0.2, -0.15) is 0 Å². The van der Waals surface area contributed by atoms with Crippen LogP contribution in [0.1, 0.15) is 35.3 Å². The first-order chi connectivity index (χ1) is 12.5. The minimum atomic E-state index is -0.606. The molecule has 0 bridgehead atoms. The second kappa shape index (κ2) is 8.59. The average Bonchev–Trinajstić information content (AvgIpc) is 2.64. The molecule has 0 heterocycles. The Morgan fingerprint density at radius 2 is 1.27 bits per heavy atom. The van der Waals surface area contributed by atoms with Gasteiger partial charge in [0.25, 0.3) is 0 Å². The third kappa shape index (κ3) is 5.01. The van der Waals surface area contributed by atoms with E-state index < -0.39 is 6.10 Å². The number of hydrogen-bond acceptors (Lipinski definition) is 2. The predicted molar refractivity (Wildman–Crippen MR) is 110 cm³/mol. The highest BCUT2D eigenvalue weighted by atomic mass is 35.5. The van der Waals surface area contributed by atoms with Crippen LogP contribution >= 0.6 is 23.2 Å². The molecule has 3 aromatic rings. The van der Waals surface area contributed by atoms with Crippen molar-refractivity contribution < 1.29 is 5.11 Å². The molecule has 0 spiro atoms. The van der Waals surface area contributed by atoms with Gasteiger partial charge in [-0.05, 0) is 54.4 Å². The van der Waals surface area contributed by atoms with Crippen LogP contribution in [0.25, 0.3) is 0 Å². The normalized spacial score (nSPS) is 13.2. The van der Waals surface area contributed by atoms with E-state index in [9.17, 15) is 5.11 Å². The lowest BCUT2D eigenvalue weighted by Gasteiger charge is -2.24. The van der Waals surface area contributed by atoms with E-state index in [2.05, 4.69) is 24.4 Å². The molecule has 2 nitrogen and oxygen atoms in total. The predicted octanol–water partition coefficient (Wildman–Crippen LogP) is 6.58. The molecule has 134 valence electrons. The van der Waals surface area contributed by atoms with Gasteiger partial charge in [-0.1, -0.05) is 65.2 Å². The van der Waals surface area contributed by atoms with E-state index >= 15 is 0 Å². The number of aliphatic hydroxyl groups is 1. The van der Waals surface area contributed by atoms with Crippen LogP contribution in [0.5, 0.6) is 0 Å². The SMILES string of the molecule is Cc1ccc(NC(CC(O)c2ccc(Cl)cc2)c2ccc(Cl)cc2)cc1. The van der Waals surface area contributed by atoms with E-state index in [0.717, 1.165) is 16.8 Å². The lowest BCUT2D eigenvalue weighted by atomic mass is 9.96. The topological polar surface area (TPSA) is 32.3 Å². The molecule has 3 aromatic carbocycles. The highest BCUT2D eigenvalue weighted by Gasteiger charge is 2.18. The van der Waals surface area contributed by atoms with Gasteiger partial charge in [0.15, 0.2) is 0 Å². The van der Waals surface area contributed by atoms with Crippen molar-refractivity contribution in [2.75, 3.05) is 5.32 Å². The van der Waals surface area contributed by atoms with Crippen LogP contribution in [0.2, 0.25) is 10.0 Å². The molecule has 0 aliphatic rings. The molecule has 3 rings (SSSR count). The number of benzene rings is 3. The molecule has 0 aliphatic heterocycles. The van der Waals surface area contributed by atoms with Gasteiger partial charge in [0.1, 0.15) is 0 Å². The first-order valence-corrected chi connectivity index (χ1v) is 9.29. The van der Waals surface area contributed by atoms with Gasteiger partial charge in [-0.15, -0.1) is 0 Å². The molecule has 0 aliphatic carbocycles. The zero-order valence-corrected chi connectivity index (χ0v) is 16.0. The van der Waals surface area contributed by atoms with E-state index in [-0.39, 0.29) is 6.04 Å². The van der Waals surface area contributed by atoms with Gasteiger partial charge in [-0.3, -0.25) is 0 Å². The van der Waals surface area contributed by atoms with Crippen LogP contribution < -0.4 is 5.32 Å². The minimum Gasteiger partial charge on any atom is -0.388 e. The summed E-state index contributed by atoms with van der Waals surface area (Å²) in [6, 6.07) is 23.2. The summed E-state index contributed by atoms with van der Waals surface area (Å²) < 4.78 is 0. The monoisotopic (exact) mass is 385 g/mol. The van der Waals surface area contributed by atoms with Crippen LogP contribution in [0.3, 0.4) is 0 Å². The van der Waals surface area contributed by atoms with Crippen molar-refractivity contribution in [1.29, 1.82) is 0 Å². The minimum absolute atomic E-state index is 0.0550. The number of rotatable bonds is 6. The molecule has 2 unspecified atom stereocenters. The first kappa shape index (κ1) is 18.8. The van der Waals surface area contributed by atoms with E-state index in [0.29, 0.717) is 16.5 Å².